The molecule has 0 bridgehead atoms. The van der Waals surface area contributed by atoms with Gasteiger partial charge in [-0.1, -0.05) is 473 Å². The van der Waals surface area contributed by atoms with Gasteiger partial charge >= 0.3 is 51.6 Å². The molecule has 0 atom stereocenters. The number of halogens is 1. The molecule has 16 rings (SSSR count). The van der Waals surface area contributed by atoms with Crippen LogP contribution < -0.4 is 95.5 Å². The number of rotatable bonds is 18. The van der Waals surface area contributed by atoms with Crippen LogP contribution in [0, 0.1) is 0 Å². The molecular weight excluding hydrogens is 1590 g/mol. The van der Waals surface area contributed by atoms with Crippen molar-refractivity contribution < 1.29 is 42.4 Å². The van der Waals surface area contributed by atoms with Crippen LogP contribution in [-0.4, -0.2) is 0 Å². The fourth-order valence-corrected chi connectivity index (χ4v) is 27.5. The molecule has 0 aromatic heterocycles. The zero-order valence-electron chi connectivity index (χ0n) is 57.7. The van der Waals surface area contributed by atoms with Crippen LogP contribution in [0.5, 0.6) is 0 Å². The maximum absolute atomic E-state index is 4.45. The molecule has 0 aliphatic heterocycles. The predicted molar refractivity (Wildman–Crippen MR) is 464 cm³/mol. The molecule has 0 aliphatic carbocycles. The Morgan fingerprint density at radius 1 is 0.114 bits per heavy atom. The van der Waals surface area contributed by atoms with Gasteiger partial charge in [0.2, 0.25) is 0 Å². The van der Waals surface area contributed by atoms with Crippen molar-refractivity contribution >= 4 is 152 Å². The summed E-state index contributed by atoms with van der Waals surface area (Å²) in [6.07, 6.45) is 0. The Bertz CT molecular complexity index is 4150. The van der Waals surface area contributed by atoms with Crippen LogP contribution in [0.4, 0.5) is 0 Å². The average molecular weight is 1670 g/mol. The van der Waals surface area contributed by atoms with Gasteiger partial charge in [-0.2, -0.15) is 0 Å². The van der Waals surface area contributed by atoms with Crippen molar-refractivity contribution in [2.24, 2.45) is 0 Å². The van der Waals surface area contributed by atoms with Gasteiger partial charge in [-0.25, -0.2) is 0 Å². The molecule has 0 radical (unpaired) electrons. The number of benzene rings is 16. The molecule has 0 spiro atoms. The minimum Gasteiger partial charge on any atom is -0.0622 e. The second kappa shape index (κ2) is 42.9. The van der Waals surface area contributed by atoms with Crippen LogP contribution in [0.15, 0.2) is 473 Å². The summed E-state index contributed by atoms with van der Waals surface area (Å²) in [5.41, 5.74) is 0. The third kappa shape index (κ3) is 21.6. The van der Waals surface area contributed by atoms with Gasteiger partial charge in [0.25, 0.3) is 0 Å². The molecule has 16 aromatic carbocycles. The van der Waals surface area contributed by atoms with Gasteiger partial charge in [0.15, 0.2) is 0 Å². The van der Waals surface area contributed by atoms with E-state index in [0.717, 1.165) is 0 Å². The van der Waals surface area contributed by atoms with Crippen molar-refractivity contribution in [3.63, 3.8) is 0 Å². The van der Waals surface area contributed by atoms with Gasteiger partial charge in [0, 0.05) is 0 Å². The van der Waals surface area contributed by atoms with Gasteiger partial charge in [-0.05, 0) is 143 Å². The third-order valence-corrected chi connectivity index (χ3v) is 32.2. The standard InChI is InChI=1S/2C30H24P2.2C18H15P.2Ag.ClH/c2*1-5-15-25(16-6-1)31(26-17-7-2-8-18-26)29-23-13-14-24-30(29)32(27-19-9-3-10-20-27)28-21-11-4-12-22-28;2*1-4-10-16(11-5-1)19(17-12-6-2-7-13-17)18-14-8-3-9-15-18;;;/h2*1-24H;2*1-15H;;;1H/q;;;;2*+1;/p-1. The Morgan fingerprint density at radius 3 is 0.286 bits per heavy atom. The average Bonchev–Trinajstić information content (AvgIpc) is 0.781. The summed E-state index contributed by atoms with van der Waals surface area (Å²) in [4.78, 5) is 0. The Morgan fingerprint density at radius 2 is 0.190 bits per heavy atom. The summed E-state index contributed by atoms with van der Waals surface area (Å²) in [6, 6.07) is 171. The van der Waals surface area contributed by atoms with Crippen molar-refractivity contribution in [2.75, 3.05) is 0 Å². The first-order valence-electron chi connectivity index (χ1n) is 34.5. The molecule has 520 valence electrons. The molecule has 0 heterocycles. The molecule has 0 N–H and O–H groups in total. The monoisotopic (exact) mass is 1670 g/mol. The number of hydrogen-bond donors (Lipinski definition) is 0. The van der Waals surface area contributed by atoms with E-state index in [1.807, 2.05) is 0 Å². The Hall–Kier alpha value is -8.13. The second-order valence-corrected chi connectivity index (χ2v) is 36.9. The first kappa shape index (κ1) is 78.0. The van der Waals surface area contributed by atoms with Crippen molar-refractivity contribution in [2.45, 2.75) is 0 Å². The maximum atomic E-state index is 4.45. The normalized spacial score (nSPS) is 10.6. The maximum Gasteiger partial charge on any atom is -0.00675 e. The molecule has 0 amide bonds. The SMILES string of the molecule is [Ag+].[Cl][Ag].c1ccc(P(c2ccccc2)c2ccccc2)cc1.c1ccc(P(c2ccccc2)c2ccccc2)cc1.c1ccc(P(c2ccccc2)c2ccccc2P(c2ccccc2)c2ccccc2)cc1.c1ccc(P(c2ccccc2)c2ccccc2P(c2ccccc2)c2ccccc2)cc1. The first-order chi connectivity index (χ1) is 51.7. The molecule has 0 fully saturated rings. The summed E-state index contributed by atoms with van der Waals surface area (Å²) in [7, 11) is 0.902. The van der Waals surface area contributed by atoms with Crippen LogP contribution in [0.25, 0.3) is 0 Å². The molecule has 0 nitrogen and oxygen atoms in total. The van der Waals surface area contributed by atoms with E-state index >= 15 is 0 Å². The largest absolute Gasteiger partial charge is 0.0622 e. The summed E-state index contributed by atoms with van der Waals surface area (Å²) < 4.78 is 0. The Balaban J connectivity index is 0.000000142. The van der Waals surface area contributed by atoms with Crippen LogP contribution in [0.2, 0.25) is 0 Å². The molecule has 0 unspecified atom stereocenters. The molecule has 0 aliphatic rings. The van der Waals surface area contributed by atoms with Crippen LogP contribution in [0.3, 0.4) is 0 Å². The van der Waals surface area contributed by atoms with E-state index in [1.54, 1.807) is 0 Å². The second-order valence-electron chi connectivity index (χ2n) is 23.7. The van der Waals surface area contributed by atoms with E-state index in [1.165, 1.54) is 95.5 Å². The molecule has 0 saturated heterocycles. The summed E-state index contributed by atoms with van der Waals surface area (Å²) in [5, 5.41) is 25.3. The van der Waals surface area contributed by atoms with Crippen LogP contribution in [-0.2, 0) is 42.4 Å². The van der Waals surface area contributed by atoms with Gasteiger partial charge in [-0.15, -0.1) is 0 Å². The number of hydrogen-bond acceptors (Lipinski definition) is 0. The van der Waals surface area contributed by atoms with E-state index in [2.05, 4.69) is 502 Å². The summed E-state index contributed by atoms with van der Waals surface area (Å²) >= 11 is 2.42. The zero-order valence-corrected chi connectivity index (χ0v) is 66.8. The van der Waals surface area contributed by atoms with Gasteiger partial charge in [-0.3, -0.25) is 0 Å². The van der Waals surface area contributed by atoms with E-state index in [9.17, 15) is 0 Å². The molecule has 9 heteroatoms. The molecule has 16 aromatic rings. The smallest absolute Gasteiger partial charge is 0.00675 e. The Labute approximate surface area is 661 Å². The summed E-state index contributed by atoms with van der Waals surface area (Å²) in [5.74, 6) is 0. The molecule has 105 heavy (non-hydrogen) atoms. The van der Waals surface area contributed by atoms with Crippen LogP contribution >= 0.6 is 56.7 Å². The van der Waals surface area contributed by atoms with E-state index in [4.69, 9.17) is 0 Å². The molecule has 0 saturated carbocycles. The minimum atomic E-state index is -0.664. The van der Waals surface area contributed by atoms with Crippen molar-refractivity contribution in [3.8, 4) is 0 Å². The Kier molecular flexibility index (Phi) is 31.8. The van der Waals surface area contributed by atoms with Crippen molar-refractivity contribution in [3.05, 3.63) is 473 Å². The van der Waals surface area contributed by atoms with Crippen molar-refractivity contribution in [1.29, 1.82) is 0 Å². The minimum absolute atomic E-state index is 0. The van der Waals surface area contributed by atoms with Crippen LogP contribution in [0.1, 0.15) is 0 Å². The van der Waals surface area contributed by atoms with E-state index in [0.29, 0.717) is 0 Å². The van der Waals surface area contributed by atoms with E-state index < -0.39 is 47.5 Å². The van der Waals surface area contributed by atoms with Gasteiger partial charge < -0.3 is 0 Å². The fourth-order valence-electron chi connectivity index (χ4n) is 12.4. The fraction of sp³-hybridized carbons (Fsp3) is 0. The summed E-state index contributed by atoms with van der Waals surface area (Å²) in [6.45, 7) is 0. The zero-order chi connectivity index (χ0) is 71.0. The van der Waals surface area contributed by atoms with Gasteiger partial charge in [0.1, 0.15) is 0 Å². The van der Waals surface area contributed by atoms with E-state index in [-0.39, 0.29) is 22.4 Å². The van der Waals surface area contributed by atoms with Crippen molar-refractivity contribution in [1.82, 2.24) is 0 Å². The first-order valence-corrected chi connectivity index (χ1v) is 44.5. The third-order valence-electron chi connectivity index (χ3n) is 16.9. The predicted octanol–water partition coefficient (Wildman–Crippen LogP) is 18.0. The quantitative estimate of drug-likeness (QED) is 0.0593. The molecular formula is C96H78Ag2ClP6+. The van der Waals surface area contributed by atoms with Gasteiger partial charge in [0.05, 0.1) is 0 Å². The topological polar surface area (TPSA) is 0 Å².